The van der Waals surface area contributed by atoms with Crippen LogP contribution in [-0.2, 0) is 0 Å². The lowest BCUT2D eigenvalue weighted by Gasteiger charge is -1.92. The fraction of sp³-hybridized carbons (Fsp3) is 0.111. The lowest BCUT2D eigenvalue weighted by molar-refractivity contribution is 0.341. The van der Waals surface area contributed by atoms with Crippen LogP contribution in [0.4, 0.5) is 0 Å². The molecular formula is C9H7ClN2OS. The highest BCUT2D eigenvalue weighted by Gasteiger charge is 2.06. The van der Waals surface area contributed by atoms with Crippen molar-refractivity contribution in [3.63, 3.8) is 0 Å². The molecule has 1 aromatic heterocycles. The third-order valence-corrected chi connectivity index (χ3v) is 2.45. The highest BCUT2D eigenvalue weighted by molar-refractivity contribution is 7.98. The van der Waals surface area contributed by atoms with Crippen LogP contribution in [0.25, 0.3) is 11.4 Å². The fourth-order valence-corrected chi connectivity index (χ4v) is 1.42. The Morgan fingerprint density at radius 3 is 2.57 bits per heavy atom. The standard InChI is InChI=1S/C9H7ClN2OS/c1-14-9-11-8(12-13-9)6-2-4-7(10)5-3-6/h2-5H,1H3. The molecule has 0 aliphatic rings. The molecule has 0 radical (unpaired) electrons. The van der Waals surface area contributed by atoms with Crippen molar-refractivity contribution in [1.29, 1.82) is 0 Å². The molecule has 0 bridgehead atoms. The summed E-state index contributed by atoms with van der Waals surface area (Å²) in [6.07, 6.45) is 1.89. The van der Waals surface area contributed by atoms with Gasteiger partial charge < -0.3 is 4.52 Å². The van der Waals surface area contributed by atoms with Gasteiger partial charge in [-0.15, -0.1) is 0 Å². The molecule has 1 aromatic carbocycles. The molecule has 0 amide bonds. The van der Waals surface area contributed by atoms with E-state index in [9.17, 15) is 0 Å². The summed E-state index contributed by atoms with van der Waals surface area (Å²) in [6, 6.07) is 7.31. The quantitative estimate of drug-likeness (QED) is 0.738. The first-order valence-corrected chi connectivity index (χ1v) is 5.53. The number of hydrogen-bond donors (Lipinski definition) is 0. The van der Waals surface area contributed by atoms with E-state index in [0.29, 0.717) is 16.1 Å². The molecule has 1 heterocycles. The Morgan fingerprint density at radius 2 is 2.00 bits per heavy atom. The van der Waals surface area contributed by atoms with Crippen LogP contribution in [0.5, 0.6) is 0 Å². The molecule has 2 aromatic rings. The van der Waals surface area contributed by atoms with Crippen LogP contribution in [0.2, 0.25) is 5.02 Å². The van der Waals surface area contributed by atoms with E-state index >= 15 is 0 Å². The van der Waals surface area contributed by atoms with Crippen molar-refractivity contribution >= 4 is 23.4 Å². The predicted molar refractivity (Wildman–Crippen MR) is 56.5 cm³/mol. The van der Waals surface area contributed by atoms with Crippen molar-refractivity contribution in [1.82, 2.24) is 10.1 Å². The van der Waals surface area contributed by atoms with E-state index in [-0.39, 0.29) is 0 Å². The summed E-state index contributed by atoms with van der Waals surface area (Å²) in [5, 5.41) is 5.10. The molecule has 72 valence electrons. The van der Waals surface area contributed by atoms with Gasteiger partial charge in [0.25, 0.3) is 5.22 Å². The second-order valence-corrected chi connectivity index (χ2v) is 3.79. The van der Waals surface area contributed by atoms with E-state index in [1.807, 2.05) is 18.4 Å². The van der Waals surface area contributed by atoms with Gasteiger partial charge in [-0.3, -0.25) is 0 Å². The van der Waals surface area contributed by atoms with E-state index < -0.39 is 0 Å². The van der Waals surface area contributed by atoms with Crippen LogP contribution in [-0.4, -0.2) is 16.4 Å². The first-order valence-electron chi connectivity index (χ1n) is 3.93. The Morgan fingerprint density at radius 1 is 1.29 bits per heavy atom. The number of rotatable bonds is 2. The highest BCUT2D eigenvalue weighted by Crippen LogP contribution is 2.21. The van der Waals surface area contributed by atoms with Gasteiger partial charge in [0, 0.05) is 10.6 Å². The Kier molecular flexibility index (Phi) is 2.74. The predicted octanol–water partition coefficient (Wildman–Crippen LogP) is 3.11. The van der Waals surface area contributed by atoms with Crippen molar-refractivity contribution in [3.05, 3.63) is 29.3 Å². The van der Waals surface area contributed by atoms with Gasteiger partial charge in [-0.2, -0.15) is 4.98 Å². The minimum absolute atomic E-state index is 0.565. The molecule has 0 unspecified atom stereocenters. The first-order chi connectivity index (χ1) is 6.79. The maximum Gasteiger partial charge on any atom is 0.285 e. The zero-order valence-corrected chi connectivity index (χ0v) is 8.97. The van der Waals surface area contributed by atoms with Gasteiger partial charge in [0.15, 0.2) is 0 Å². The van der Waals surface area contributed by atoms with Gasteiger partial charge in [-0.05, 0) is 30.5 Å². The summed E-state index contributed by atoms with van der Waals surface area (Å²) in [6.45, 7) is 0. The molecular weight excluding hydrogens is 220 g/mol. The molecule has 3 nitrogen and oxygen atoms in total. The molecule has 0 saturated heterocycles. The van der Waals surface area contributed by atoms with Gasteiger partial charge in [0.1, 0.15) is 0 Å². The molecule has 0 aliphatic heterocycles. The third-order valence-electron chi connectivity index (χ3n) is 1.68. The van der Waals surface area contributed by atoms with Crippen molar-refractivity contribution < 1.29 is 4.52 Å². The van der Waals surface area contributed by atoms with Gasteiger partial charge in [-0.1, -0.05) is 28.5 Å². The average Bonchev–Trinajstić information content (AvgIpc) is 2.67. The summed E-state index contributed by atoms with van der Waals surface area (Å²) in [4.78, 5) is 4.17. The van der Waals surface area contributed by atoms with Crippen LogP contribution in [0.3, 0.4) is 0 Å². The van der Waals surface area contributed by atoms with Gasteiger partial charge in [0.05, 0.1) is 0 Å². The molecule has 5 heteroatoms. The van der Waals surface area contributed by atoms with Crippen LogP contribution >= 0.6 is 23.4 Å². The molecule has 0 spiro atoms. The summed E-state index contributed by atoms with van der Waals surface area (Å²) in [7, 11) is 0. The molecule has 0 atom stereocenters. The van der Waals surface area contributed by atoms with E-state index in [2.05, 4.69) is 10.1 Å². The number of benzene rings is 1. The van der Waals surface area contributed by atoms with Crippen molar-refractivity contribution in [2.45, 2.75) is 5.22 Å². The minimum Gasteiger partial charge on any atom is -0.327 e. The molecule has 0 aliphatic carbocycles. The number of hydrogen-bond acceptors (Lipinski definition) is 4. The summed E-state index contributed by atoms with van der Waals surface area (Å²) >= 11 is 7.18. The first kappa shape index (κ1) is 9.55. The normalized spacial score (nSPS) is 10.4. The van der Waals surface area contributed by atoms with E-state index in [1.54, 1.807) is 12.1 Å². The Bertz CT molecular complexity index is 427. The van der Waals surface area contributed by atoms with Crippen LogP contribution < -0.4 is 0 Å². The minimum atomic E-state index is 0.565. The van der Waals surface area contributed by atoms with E-state index in [1.165, 1.54) is 11.8 Å². The lowest BCUT2D eigenvalue weighted by atomic mass is 10.2. The smallest absolute Gasteiger partial charge is 0.285 e. The lowest BCUT2D eigenvalue weighted by Crippen LogP contribution is -1.79. The Hall–Kier alpha value is -1.00. The van der Waals surface area contributed by atoms with Crippen molar-refractivity contribution in [2.24, 2.45) is 0 Å². The number of aromatic nitrogens is 2. The van der Waals surface area contributed by atoms with Crippen LogP contribution in [0.1, 0.15) is 0 Å². The van der Waals surface area contributed by atoms with Crippen LogP contribution in [0.15, 0.2) is 34.0 Å². The van der Waals surface area contributed by atoms with Gasteiger partial charge >= 0.3 is 0 Å². The summed E-state index contributed by atoms with van der Waals surface area (Å²) in [5.41, 5.74) is 0.901. The average molecular weight is 227 g/mol. The maximum absolute atomic E-state index is 5.76. The van der Waals surface area contributed by atoms with E-state index in [4.69, 9.17) is 16.1 Å². The van der Waals surface area contributed by atoms with Crippen molar-refractivity contribution in [3.8, 4) is 11.4 Å². The molecule has 0 N–H and O–H groups in total. The second kappa shape index (κ2) is 4.02. The molecule has 0 fully saturated rings. The van der Waals surface area contributed by atoms with E-state index in [0.717, 1.165) is 5.56 Å². The Balaban J connectivity index is 2.34. The SMILES string of the molecule is CSc1nc(-c2ccc(Cl)cc2)no1. The topological polar surface area (TPSA) is 38.9 Å². The summed E-state index contributed by atoms with van der Waals surface area (Å²) in [5.74, 6) is 0.589. The van der Waals surface area contributed by atoms with Crippen LogP contribution in [0, 0.1) is 0 Å². The Labute approximate surface area is 90.5 Å². The number of thioether (sulfide) groups is 1. The monoisotopic (exact) mass is 226 g/mol. The van der Waals surface area contributed by atoms with Gasteiger partial charge in [-0.25, -0.2) is 0 Å². The number of nitrogens with zero attached hydrogens (tertiary/aromatic N) is 2. The largest absolute Gasteiger partial charge is 0.327 e. The van der Waals surface area contributed by atoms with Crippen molar-refractivity contribution in [2.75, 3.05) is 6.26 Å². The number of halogens is 1. The zero-order valence-electron chi connectivity index (χ0n) is 7.40. The fourth-order valence-electron chi connectivity index (χ4n) is 1.01. The maximum atomic E-state index is 5.76. The van der Waals surface area contributed by atoms with Gasteiger partial charge in [0.2, 0.25) is 5.82 Å². The zero-order chi connectivity index (χ0) is 9.97. The summed E-state index contributed by atoms with van der Waals surface area (Å²) < 4.78 is 4.97. The molecule has 2 rings (SSSR count). The highest BCUT2D eigenvalue weighted by atomic mass is 35.5. The third kappa shape index (κ3) is 1.91. The molecule has 14 heavy (non-hydrogen) atoms. The second-order valence-electron chi connectivity index (χ2n) is 2.59. The molecule has 0 saturated carbocycles.